The van der Waals surface area contributed by atoms with Gasteiger partial charge in [-0.2, -0.15) is 0 Å². The minimum Gasteiger partial charge on any atom is -0.399 e. The molecule has 0 amide bonds. The summed E-state index contributed by atoms with van der Waals surface area (Å²) in [6.45, 7) is 11.8. The van der Waals surface area contributed by atoms with Gasteiger partial charge in [0.1, 0.15) is 0 Å². The van der Waals surface area contributed by atoms with Crippen LogP contribution in [0, 0.1) is 5.92 Å². The van der Waals surface area contributed by atoms with Crippen molar-refractivity contribution in [2.45, 2.75) is 66.2 Å². The molecule has 1 unspecified atom stereocenters. The van der Waals surface area contributed by atoms with E-state index < -0.39 is 0 Å². The predicted molar refractivity (Wildman–Crippen MR) is 85.5 cm³/mol. The van der Waals surface area contributed by atoms with E-state index >= 15 is 0 Å². The second-order valence-electron chi connectivity index (χ2n) is 4.79. The van der Waals surface area contributed by atoms with E-state index in [0.717, 1.165) is 18.0 Å². The summed E-state index contributed by atoms with van der Waals surface area (Å²) in [5.74, 6) is 0.794. The van der Waals surface area contributed by atoms with Gasteiger partial charge in [0.05, 0.1) is 0 Å². The number of unbranched alkanes of at least 4 members (excludes halogenated alkanes) is 3. The van der Waals surface area contributed by atoms with Gasteiger partial charge < -0.3 is 5.73 Å². The van der Waals surface area contributed by atoms with Crippen molar-refractivity contribution >= 4 is 0 Å². The Kier molecular flexibility index (Phi) is 17.2. The van der Waals surface area contributed by atoms with E-state index in [0.29, 0.717) is 0 Å². The van der Waals surface area contributed by atoms with E-state index in [1.54, 1.807) is 6.08 Å². The highest BCUT2D eigenvalue weighted by Crippen LogP contribution is 2.14. The van der Waals surface area contributed by atoms with Crippen LogP contribution in [0.1, 0.15) is 66.2 Å². The van der Waals surface area contributed by atoms with Gasteiger partial charge in [0.2, 0.25) is 0 Å². The van der Waals surface area contributed by atoms with Gasteiger partial charge in [0.25, 0.3) is 0 Å². The van der Waals surface area contributed by atoms with Crippen molar-refractivity contribution in [3.63, 3.8) is 0 Å². The van der Waals surface area contributed by atoms with Crippen LogP contribution in [0.2, 0.25) is 0 Å². The van der Waals surface area contributed by atoms with E-state index in [4.69, 9.17) is 5.73 Å². The standard InChI is InChI=1S/C14H27N.C3H6/c1-4-6-7-8-10-13(3)11-9-12-14(15)5-2;1-3-2/h5,9,12-13H,4,6-8,10-11,15H2,1-3H3;3H,1H2,2H3/b12-9-,14-5+;. The molecule has 0 aliphatic rings. The summed E-state index contributed by atoms with van der Waals surface area (Å²) >= 11 is 0. The Morgan fingerprint density at radius 1 is 1.22 bits per heavy atom. The molecule has 0 aliphatic carbocycles. The molecule has 0 spiro atoms. The number of hydrogen-bond acceptors (Lipinski definition) is 1. The van der Waals surface area contributed by atoms with Crippen molar-refractivity contribution in [3.05, 3.63) is 36.6 Å². The quantitative estimate of drug-likeness (QED) is 0.339. The van der Waals surface area contributed by atoms with Gasteiger partial charge in [-0.25, -0.2) is 0 Å². The minimum absolute atomic E-state index is 0.794. The highest BCUT2D eigenvalue weighted by atomic mass is 14.5. The van der Waals surface area contributed by atoms with Crippen LogP contribution in [0.4, 0.5) is 0 Å². The number of hydrogen-bond donors (Lipinski definition) is 1. The summed E-state index contributed by atoms with van der Waals surface area (Å²) in [5.41, 5.74) is 6.54. The Hall–Kier alpha value is -0.980. The highest BCUT2D eigenvalue weighted by Gasteiger charge is 1.98. The molecule has 0 radical (unpaired) electrons. The van der Waals surface area contributed by atoms with Crippen molar-refractivity contribution in [1.82, 2.24) is 0 Å². The molecule has 0 rings (SSSR count). The summed E-state index contributed by atoms with van der Waals surface area (Å²) in [7, 11) is 0. The Bertz CT molecular complexity index is 226. The van der Waals surface area contributed by atoms with Crippen LogP contribution >= 0.6 is 0 Å². The van der Waals surface area contributed by atoms with Gasteiger partial charge >= 0.3 is 0 Å². The lowest BCUT2D eigenvalue weighted by molar-refractivity contribution is 0.494. The van der Waals surface area contributed by atoms with Crippen LogP contribution in [0.25, 0.3) is 0 Å². The molecule has 0 saturated carbocycles. The largest absolute Gasteiger partial charge is 0.399 e. The van der Waals surface area contributed by atoms with Crippen molar-refractivity contribution in [1.29, 1.82) is 0 Å². The zero-order valence-electron chi connectivity index (χ0n) is 12.9. The first-order valence-corrected chi connectivity index (χ1v) is 7.27. The fourth-order valence-corrected chi connectivity index (χ4v) is 1.57. The van der Waals surface area contributed by atoms with Crippen LogP contribution in [0.3, 0.4) is 0 Å². The molecule has 0 aromatic carbocycles. The maximum absolute atomic E-state index is 5.67. The molecule has 0 aromatic heterocycles. The molecule has 2 N–H and O–H groups in total. The Balaban J connectivity index is 0. The van der Waals surface area contributed by atoms with Crippen molar-refractivity contribution in [2.24, 2.45) is 11.7 Å². The second kappa shape index (κ2) is 16.0. The third-order valence-corrected chi connectivity index (χ3v) is 2.73. The third kappa shape index (κ3) is 17.4. The normalized spacial score (nSPS) is 13.0. The number of nitrogens with two attached hydrogens (primary N) is 1. The topological polar surface area (TPSA) is 26.0 Å². The third-order valence-electron chi connectivity index (χ3n) is 2.73. The number of rotatable bonds is 8. The predicted octanol–water partition coefficient (Wildman–Crippen LogP) is 5.59. The monoisotopic (exact) mass is 251 g/mol. The molecular weight excluding hydrogens is 218 g/mol. The van der Waals surface area contributed by atoms with E-state index in [2.05, 4.69) is 26.5 Å². The fraction of sp³-hybridized carbons (Fsp3) is 0.647. The molecule has 18 heavy (non-hydrogen) atoms. The molecule has 0 saturated heterocycles. The molecular formula is C17H33N. The summed E-state index contributed by atoms with van der Waals surface area (Å²) in [6, 6.07) is 0. The highest BCUT2D eigenvalue weighted by molar-refractivity contribution is 5.13. The molecule has 0 heterocycles. The summed E-state index contributed by atoms with van der Waals surface area (Å²) in [4.78, 5) is 0. The van der Waals surface area contributed by atoms with Crippen LogP contribution in [-0.4, -0.2) is 0 Å². The lowest BCUT2D eigenvalue weighted by Crippen LogP contribution is -1.94. The summed E-state index contributed by atoms with van der Waals surface area (Å²) in [5, 5.41) is 0. The molecule has 106 valence electrons. The molecule has 0 bridgehead atoms. The van der Waals surface area contributed by atoms with Gasteiger partial charge in [-0.1, -0.05) is 64.2 Å². The van der Waals surface area contributed by atoms with Crippen molar-refractivity contribution < 1.29 is 0 Å². The Morgan fingerprint density at radius 3 is 2.33 bits per heavy atom. The average molecular weight is 251 g/mol. The molecule has 1 atom stereocenters. The first-order valence-electron chi connectivity index (χ1n) is 7.27. The van der Waals surface area contributed by atoms with E-state index in [9.17, 15) is 0 Å². The zero-order chi connectivity index (χ0) is 14.2. The second-order valence-corrected chi connectivity index (χ2v) is 4.79. The Labute approximate surface area is 115 Å². The first kappa shape index (κ1) is 19.4. The van der Waals surface area contributed by atoms with Crippen LogP contribution < -0.4 is 5.73 Å². The van der Waals surface area contributed by atoms with Gasteiger partial charge in [0, 0.05) is 5.70 Å². The number of allylic oxidation sites excluding steroid dienone is 4. The lowest BCUT2D eigenvalue weighted by Gasteiger charge is -2.07. The molecule has 0 aliphatic heterocycles. The van der Waals surface area contributed by atoms with Crippen molar-refractivity contribution in [2.75, 3.05) is 0 Å². The maximum atomic E-state index is 5.67. The van der Waals surface area contributed by atoms with Crippen LogP contribution in [-0.2, 0) is 0 Å². The SMILES string of the molecule is C/C=C(N)\C=C/CC(C)CCCCCC.C=CC. The van der Waals surface area contributed by atoms with Gasteiger partial charge in [-0.3, -0.25) is 0 Å². The van der Waals surface area contributed by atoms with E-state index in [1.807, 2.05) is 26.0 Å². The van der Waals surface area contributed by atoms with Gasteiger partial charge in [-0.15, -0.1) is 6.58 Å². The summed E-state index contributed by atoms with van der Waals surface area (Å²) < 4.78 is 0. The fourth-order valence-electron chi connectivity index (χ4n) is 1.57. The van der Waals surface area contributed by atoms with Gasteiger partial charge in [0.15, 0.2) is 0 Å². The zero-order valence-corrected chi connectivity index (χ0v) is 12.9. The van der Waals surface area contributed by atoms with Crippen LogP contribution in [0.5, 0.6) is 0 Å². The summed E-state index contributed by atoms with van der Waals surface area (Å²) in [6.07, 6.45) is 15.9. The van der Waals surface area contributed by atoms with E-state index in [-0.39, 0.29) is 0 Å². The van der Waals surface area contributed by atoms with Crippen LogP contribution in [0.15, 0.2) is 36.6 Å². The maximum Gasteiger partial charge on any atom is 0.0267 e. The average Bonchev–Trinajstić information content (AvgIpc) is 2.35. The van der Waals surface area contributed by atoms with E-state index in [1.165, 1.54) is 32.1 Å². The first-order chi connectivity index (χ1) is 8.62. The molecule has 1 heteroatoms. The lowest BCUT2D eigenvalue weighted by atomic mass is 9.99. The smallest absolute Gasteiger partial charge is 0.0267 e. The molecule has 0 fully saturated rings. The van der Waals surface area contributed by atoms with Crippen molar-refractivity contribution in [3.8, 4) is 0 Å². The van der Waals surface area contributed by atoms with Gasteiger partial charge in [-0.05, 0) is 32.3 Å². The minimum atomic E-state index is 0.794. The molecule has 0 aromatic rings. The Morgan fingerprint density at radius 2 is 1.83 bits per heavy atom. The molecule has 1 nitrogen and oxygen atoms in total.